The smallest absolute Gasteiger partial charge is 0.274 e. The fraction of sp³-hybridized carbons (Fsp3) is 0.409. The number of aromatic nitrogens is 1. The molecule has 1 saturated carbocycles. The Morgan fingerprint density at radius 2 is 1.78 bits per heavy atom. The van der Waals surface area contributed by atoms with Crippen molar-refractivity contribution in [3.05, 3.63) is 47.3 Å². The van der Waals surface area contributed by atoms with Crippen LogP contribution in [0.3, 0.4) is 0 Å². The molecule has 27 heavy (non-hydrogen) atoms. The molecule has 0 saturated heterocycles. The summed E-state index contributed by atoms with van der Waals surface area (Å²) in [5, 5.41) is 12.8. The Bertz CT molecular complexity index is 910. The molecule has 2 aliphatic rings. The molecule has 1 aromatic carbocycles. The number of benzene rings is 1. The van der Waals surface area contributed by atoms with Crippen molar-refractivity contribution in [2.24, 2.45) is 4.99 Å². The Labute approximate surface area is 159 Å². The van der Waals surface area contributed by atoms with E-state index in [1.807, 2.05) is 34.9 Å². The molecule has 1 aromatic heterocycles. The normalized spacial score (nSPS) is 16.3. The van der Waals surface area contributed by atoms with Crippen LogP contribution in [0.4, 0.5) is 11.4 Å². The topological polar surface area (TPSA) is 70.2 Å². The van der Waals surface area contributed by atoms with Gasteiger partial charge >= 0.3 is 0 Å². The molecule has 5 heteroatoms. The molecule has 2 aromatic rings. The first-order valence-electron chi connectivity index (χ1n) is 9.86. The summed E-state index contributed by atoms with van der Waals surface area (Å²) in [6.45, 7) is 0.770. The molecule has 0 spiro atoms. The molecule has 1 aliphatic carbocycles. The highest BCUT2D eigenvalue weighted by molar-refractivity contribution is 6.08. The van der Waals surface area contributed by atoms with Crippen molar-refractivity contribution in [3.63, 3.8) is 0 Å². The maximum absolute atomic E-state index is 13.2. The van der Waals surface area contributed by atoms with Gasteiger partial charge in [-0.1, -0.05) is 24.6 Å². The van der Waals surface area contributed by atoms with Gasteiger partial charge in [-0.2, -0.15) is 5.26 Å². The van der Waals surface area contributed by atoms with Gasteiger partial charge < -0.3 is 9.88 Å². The van der Waals surface area contributed by atoms with Crippen LogP contribution in [0.5, 0.6) is 0 Å². The average molecular weight is 360 g/mol. The van der Waals surface area contributed by atoms with E-state index in [0.717, 1.165) is 68.6 Å². The number of nitrogens with one attached hydrogen (secondary N) is 1. The Hall–Kier alpha value is -2.87. The monoisotopic (exact) mass is 360 g/mol. The van der Waals surface area contributed by atoms with Crippen LogP contribution in [0.25, 0.3) is 0 Å². The number of rotatable bonds is 3. The number of fused-ring (bicyclic) bond motifs is 1. The molecule has 5 nitrogen and oxygen atoms in total. The van der Waals surface area contributed by atoms with Crippen molar-refractivity contribution in [1.29, 1.82) is 5.26 Å². The summed E-state index contributed by atoms with van der Waals surface area (Å²) < 4.78 is 2.03. The van der Waals surface area contributed by atoms with Crippen LogP contribution >= 0.6 is 0 Å². The van der Waals surface area contributed by atoms with E-state index >= 15 is 0 Å². The highest BCUT2D eigenvalue weighted by Crippen LogP contribution is 2.36. The van der Waals surface area contributed by atoms with Crippen LogP contribution < -0.4 is 5.32 Å². The Morgan fingerprint density at radius 3 is 2.52 bits per heavy atom. The quantitative estimate of drug-likeness (QED) is 0.838. The van der Waals surface area contributed by atoms with Gasteiger partial charge in [-0.25, -0.2) is 0 Å². The molecule has 2 heterocycles. The Morgan fingerprint density at radius 1 is 1.04 bits per heavy atom. The number of nitrogens with zero attached hydrogens (tertiary/aromatic N) is 3. The lowest BCUT2D eigenvalue weighted by molar-refractivity contribution is 0.101. The highest BCUT2D eigenvalue weighted by Gasteiger charge is 2.29. The lowest BCUT2D eigenvalue weighted by Crippen LogP contribution is -2.20. The van der Waals surface area contributed by atoms with Crippen LogP contribution in [0, 0.1) is 11.3 Å². The zero-order valence-electron chi connectivity index (χ0n) is 15.5. The minimum atomic E-state index is -0.180. The van der Waals surface area contributed by atoms with Crippen LogP contribution in [0.1, 0.15) is 66.7 Å². The van der Waals surface area contributed by atoms with Gasteiger partial charge in [0.1, 0.15) is 17.5 Å². The summed E-state index contributed by atoms with van der Waals surface area (Å²) >= 11 is 0. The fourth-order valence-corrected chi connectivity index (χ4v) is 4.12. The summed E-state index contributed by atoms with van der Waals surface area (Å²) in [7, 11) is 0. The molecule has 0 bridgehead atoms. The number of hydrogen-bond donors (Lipinski definition) is 1. The summed E-state index contributed by atoms with van der Waals surface area (Å²) in [5.74, 6) is -0.180. The third kappa shape index (κ3) is 3.52. The molecule has 138 valence electrons. The van der Waals surface area contributed by atoms with Crippen molar-refractivity contribution >= 4 is 23.0 Å². The average Bonchev–Trinajstić information content (AvgIpc) is 3.02. The van der Waals surface area contributed by atoms with E-state index in [1.165, 1.54) is 6.42 Å². The van der Waals surface area contributed by atoms with Gasteiger partial charge in [-0.3, -0.25) is 9.79 Å². The van der Waals surface area contributed by atoms with Crippen molar-refractivity contribution in [1.82, 2.24) is 4.57 Å². The van der Waals surface area contributed by atoms with Crippen molar-refractivity contribution in [3.8, 4) is 6.07 Å². The molecular weight excluding hydrogens is 336 g/mol. The van der Waals surface area contributed by atoms with E-state index in [9.17, 15) is 10.1 Å². The Balaban J connectivity index is 1.79. The second-order valence-electron chi connectivity index (χ2n) is 7.30. The van der Waals surface area contributed by atoms with Gasteiger partial charge in [0.2, 0.25) is 0 Å². The van der Waals surface area contributed by atoms with Crippen LogP contribution in [-0.2, 0) is 13.0 Å². The first-order valence-corrected chi connectivity index (χ1v) is 9.86. The van der Waals surface area contributed by atoms with Crippen molar-refractivity contribution < 1.29 is 4.79 Å². The molecule has 0 radical (unpaired) electrons. The molecular formula is C22H24N4O. The van der Waals surface area contributed by atoms with Crippen LogP contribution in [0.15, 0.2) is 35.3 Å². The number of anilines is 1. The van der Waals surface area contributed by atoms with Gasteiger partial charge in [0.05, 0.1) is 5.56 Å². The number of para-hydroxylation sites is 1. The molecule has 1 aliphatic heterocycles. The van der Waals surface area contributed by atoms with E-state index in [0.29, 0.717) is 16.9 Å². The molecule has 1 amide bonds. The lowest BCUT2D eigenvalue weighted by atomic mass is 9.98. The van der Waals surface area contributed by atoms with Crippen molar-refractivity contribution in [2.75, 3.05) is 5.32 Å². The number of hydrogen-bond acceptors (Lipinski definition) is 3. The predicted octanol–water partition coefficient (Wildman–Crippen LogP) is 4.98. The maximum Gasteiger partial charge on any atom is 0.274 e. The second kappa shape index (κ2) is 7.79. The summed E-state index contributed by atoms with van der Waals surface area (Å²) in [6.07, 6.45) is 8.34. The minimum absolute atomic E-state index is 0.180. The summed E-state index contributed by atoms with van der Waals surface area (Å²) in [4.78, 5) is 18.0. The van der Waals surface area contributed by atoms with Crippen molar-refractivity contribution in [2.45, 2.75) is 57.9 Å². The molecule has 4 rings (SSSR count). The molecule has 0 unspecified atom stereocenters. The third-order valence-electron chi connectivity index (χ3n) is 5.45. The standard InChI is InChI=1S/C22H24N4O/c23-15-18-19-13-7-8-14-26(19)21(20(18)24-16-9-3-1-4-10-16)22(27)25-17-11-5-2-6-12-17/h2,5-6,11-12H,1,3-4,7-10,13-14H2,(H,25,27). The van der Waals surface area contributed by atoms with Gasteiger partial charge in [0.15, 0.2) is 0 Å². The fourth-order valence-electron chi connectivity index (χ4n) is 4.12. The number of carbonyl (C=O) groups is 1. The molecule has 1 fully saturated rings. The zero-order valence-corrected chi connectivity index (χ0v) is 15.5. The van der Waals surface area contributed by atoms with E-state index in [-0.39, 0.29) is 5.91 Å². The van der Waals surface area contributed by atoms with E-state index in [1.54, 1.807) is 0 Å². The first-order chi connectivity index (χ1) is 13.3. The number of nitriles is 1. The third-order valence-corrected chi connectivity index (χ3v) is 5.45. The number of carbonyl (C=O) groups excluding carboxylic acids is 1. The van der Waals surface area contributed by atoms with E-state index in [4.69, 9.17) is 4.99 Å². The van der Waals surface area contributed by atoms with Gasteiger partial charge in [-0.05, 0) is 57.1 Å². The maximum atomic E-state index is 13.2. The first kappa shape index (κ1) is 17.5. The van der Waals surface area contributed by atoms with Gasteiger partial charge in [0, 0.05) is 23.6 Å². The van der Waals surface area contributed by atoms with E-state index < -0.39 is 0 Å². The minimum Gasteiger partial charge on any atom is -0.337 e. The SMILES string of the molecule is N#Cc1c(N=C2CCCCC2)c(C(=O)Nc2ccccc2)n2c1CCCC2. The highest BCUT2D eigenvalue weighted by atomic mass is 16.2. The summed E-state index contributed by atoms with van der Waals surface area (Å²) in [6, 6.07) is 11.8. The predicted molar refractivity (Wildman–Crippen MR) is 107 cm³/mol. The molecule has 0 atom stereocenters. The largest absolute Gasteiger partial charge is 0.337 e. The van der Waals surface area contributed by atoms with Gasteiger partial charge in [0.25, 0.3) is 5.91 Å². The number of amides is 1. The zero-order chi connectivity index (χ0) is 18.6. The Kier molecular flexibility index (Phi) is 5.06. The number of aliphatic imine (C=N–C) groups is 1. The lowest BCUT2D eigenvalue weighted by Gasteiger charge is -2.18. The van der Waals surface area contributed by atoms with Crippen LogP contribution in [0.2, 0.25) is 0 Å². The second-order valence-corrected chi connectivity index (χ2v) is 7.30. The molecule has 1 N–H and O–H groups in total. The van der Waals surface area contributed by atoms with Crippen LogP contribution in [-0.4, -0.2) is 16.2 Å². The summed E-state index contributed by atoms with van der Waals surface area (Å²) in [5.41, 5.74) is 4.56. The van der Waals surface area contributed by atoms with Gasteiger partial charge in [-0.15, -0.1) is 0 Å². The van der Waals surface area contributed by atoms with E-state index in [2.05, 4.69) is 11.4 Å².